The van der Waals surface area contributed by atoms with E-state index in [-0.39, 0.29) is 11.7 Å². The Labute approximate surface area is 206 Å². The monoisotopic (exact) mass is 469 g/mol. The molecule has 3 aromatic rings. The van der Waals surface area contributed by atoms with Crippen molar-refractivity contribution < 1.29 is 9.18 Å². The van der Waals surface area contributed by atoms with Gasteiger partial charge in [0.1, 0.15) is 11.6 Å². The van der Waals surface area contributed by atoms with Crippen LogP contribution in [0.5, 0.6) is 0 Å². The van der Waals surface area contributed by atoms with E-state index in [2.05, 4.69) is 10.3 Å². The second-order valence-corrected chi connectivity index (χ2v) is 11.2. The van der Waals surface area contributed by atoms with Crippen molar-refractivity contribution in [3.63, 3.8) is 0 Å². The second kappa shape index (κ2) is 8.78. The first kappa shape index (κ1) is 22.3. The first-order valence-corrected chi connectivity index (χ1v) is 12.9. The zero-order valence-electron chi connectivity index (χ0n) is 20.0. The van der Waals surface area contributed by atoms with Gasteiger partial charge in [0.2, 0.25) is 5.91 Å². The number of hydrogen-bond acceptors (Lipinski definition) is 3. The first-order chi connectivity index (χ1) is 17.0. The third-order valence-electron chi connectivity index (χ3n) is 8.70. The Morgan fingerprint density at radius 3 is 2.31 bits per heavy atom. The molecule has 1 amide bonds. The largest absolute Gasteiger partial charge is 0.366 e. The highest BCUT2D eigenvalue weighted by Gasteiger charge is 2.50. The van der Waals surface area contributed by atoms with Crippen molar-refractivity contribution >= 4 is 17.4 Å². The predicted octanol–water partition coefficient (Wildman–Crippen LogP) is 6.88. The van der Waals surface area contributed by atoms with Crippen LogP contribution in [0.15, 0.2) is 60.8 Å². The molecule has 7 rings (SSSR count). The Bertz CT molecular complexity index is 1220. The molecule has 2 aromatic carbocycles. The maximum absolute atomic E-state index is 13.6. The Balaban J connectivity index is 1.24. The van der Waals surface area contributed by atoms with E-state index in [1.165, 1.54) is 50.7 Å². The van der Waals surface area contributed by atoms with Gasteiger partial charge in [0.25, 0.3) is 0 Å². The molecule has 0 atom stereocenters. The third kappa shape index (κ3) is 4.44. The average Bonchev–Trinajstić information content (AvgIpc) is 2.83. The van der Waals surface area contributed by atoms with Crippen molar-refractivity contribution in [2.24, 2.45) is 28.9 Å². The van der Waals surface area contributed by atoms with Crippen molar-refractivity contribution in [1.82, 2.24) is 4.98 Å². The van der Waals surface area contributed by atoms with Gasteiger partial charge in [-0.2, -0.15) is 0 Å². The summed E-state index contributed by atoms with van der Waals surface area (Å²) in [5.41, 5.74) is 10.3. The van der Waals surface area contributed by atoms with Crippen LogP contribution in [0.4, 0.5) is 15.9 Å². The number of benzene rings is 2. The number of rotatable bonds is 7. The van der Waals surface area contributed by atoms with Gasteiger partial charge >= 0.3 is 0 Å². The Hall–Kier alpha value is -3.21. The molecule has 4 bridgehead atoms. The van der Waals surface area contributed by atoms with E-state index in [0.29, 0.717) is 16.8 Å². The molecule has 4 nitrogen and oxygen atoms in total. The molecule has 4 aliphatic carbocycles. The van der Waals surface area contributed by atoms with E-state index in [0.717, 1.165) is 53.0 Å². The van der Waals surface area contributed by atoms with Crippen LogP contribution in [0.1, 0.15) is 60.9 Å². The summed E-state index contributed by atoms with van der Waals surface area (Å²) >= 11 is 0. The quantitative estimate of drug-likeness (QED) is 0.396. The van der Waals surface area contributed by atoms with E-state index in [1.54, 1.807) is 12.3 Å². The zero-order valence-corrected chi connectivity index (χ0v) is 20.0. The smallest absolute Gasteiger partial charge is 0.249 e. The number of pyridine rings is 1. The minimum absolute atomic E-state index is 0.267. The number of amides is 1. The second-order valence-electron chi connectivity index (χ2n) is 11.2. The molecule has 4 fully saturated rings. The van der Waals surface area contributed by atoms with Gasteiger partial charge in [0, 0.05) is 23.0 Å². The SMILES string of the molecule is NC(=O)c1cccc(Nc2ccc(-c3cccc(F)c3)cn2)c1CCC12CC3CC(CC(C3)C1)C2. The number of nitrogens with zero attached hydrogens (tertiary/aromatic N) is 1. The fraction of sp³-hybridized carbons (Fsp3) is 0.400. The lowest BCUT2D eigenvalue weighted by atomic mass is 9.48. The number of aromatic nitrogens is 1. The van der Waals surface area contributed by atoms with Crippen molar-refractivity contribution in [3.8, 4) is 11.1 Å². The fourth-order valence-corrected chi connectivity index (χ4v) is 7.64. The number of primary amides is 1. The highest BCUT2D eigenvalue weighted by atomic mass is 19.1. The predicted molar refractivity (Wildman–Crippen MR) is 137 cm³/mol. The molecule has 0 aliphatic heterocycles. The van der Waals surface area contributed by atoms with Crippen LogP contribution in [0.2, 0.25) is 0 Å². The zero-order chi connectivity index (χ0) is 24.0. The van der Waals surface area contributed by atoms with Gasteiger partial charge in [0.15, 0.2) is 0 Å². The normalized spacial score (nSPS) is 26.6. The number of halogens is 1. The topological polar surface area (TPSA) is 68.0 Å². The number of nitrogens with two attached hydrogens (primary N) is 1. The maximum atomic E-state index is 13.6. The Morgan fingerprint density at radius 2 is 1.69 bits per heavy atom. The fourth-order valence-electron chi connectivity index (χ4n) is 7.64. The molecular formula is C30H32FN3O. The standard InChI is InChI=1S/C30H32FN3O/c31-24-4-1-3-22(14-24)23-7-8-28(33-18-23)34-27-6-2-5-26(29(32)35)25(27)9-10-30-15-19-11-20(16-30)13-21(12-19)17-30/h1-8,14,18-21H,9-13,15-17H2,(H2,32,35)(H,33,34). The summed E-state index contributed by atoms with van der Waals surface area (Å²) in [6.07, 6.45) is 12.0. The summed E-state index contributed by atoms with van der Waals surface area (Å²) in [6.45, 7) is 0. The molecule has 1 heterocycles. The van der Waals surface area contributed by atoms with Crippen molar-refractivity contribution in [1.29, 1.82) is 0 Å². The van der Waals surface area contributed by atoms with E-state index in [4.69, 9.17) is 5.73 Å². The number of hydrogen-bond donors (Lipinski definition) is 2. The van der Waals surface area contributed by atoms with Gasteiger partial charge < -0.3 is 11.1 Å². The summed E-state index contributed by atoms with van der Waals surface area (Å²) in [4.78, 5) is 16.9. The van der Waals surface area contributed by atoms with Crippen molar-refractivity contribution in [2.45, 2.75) is 51.4 Å². The lowest BCUT2D eigenvalue weighted by molar-refractivity contribution is -0.0569. The molecule has 180 valence electrons. The Morgan fingerprint density at radius 1 is 0.971 bits per heavy atom. The highest BCUT2D eigenvalue weighted by Crippen LogP contribution is 2.61. The van der Waals surface area contributed by atoms with Gasteiger partial charge in [-0.15, -0.1) is 0 Å². The van der Waals surface area contributed by atoms with E-state index in [9.17, 15) is 9.18 Å². The van der Waals surface area contributed by atoms with Gasteiger partial charge in [-0.05, 0) is 122 Å². The van der Waals surface area contributed by atoms with E-state index >= 15 is 0 Å². The minimum Gasteiger partial charge on any atom is -0.366 e. The van der Waals surface area contributed by atoms with Crippen LogP contribution in [-0.4, -0.2) is 10.9 Å². The maximum Gasteiger partial charge on any atom is 0.249 e. The lowest BCUT2D eigenvalue weighted by Gasteiger charge is -2.57. The summed E-state index contributed by atoms with van der Waals surface area (Å²) in [7, 11) is 0. The van der Waals surface area contributed by atoms with Crippen LogP contribution >= 0.6 is 0 Å². The summed E-state index contributed by atoms with van der Waals surface area (Å²) in [5, 5.41) is 3.42. The molecule has 0 unspecified atom stereocenters. The van der Waals surface area contributed by atoms with Gasteiger partial charge in [-0.3, -0.25) is 4.79 Å². The van der Waals surface area contributed by atoms with E-state index in [1.807, 2.05) is 36.4 Å². The molecule has 4 saturated carbocycles. The van der Waals surface area contributed by atoms with Gasteiger partial charge in [-0.1, -0.05) is 18.2 Å². The molecule has 0 radical (unpaired) electrons. The molecule has 4 aliphatic rings. The molecule has 3 N–H and O–H groups in total. The number of anilines is 2. The molecule has 5 heteroatoms. The van der Waals surface area contributed by atoms with Crippen LogP contribution in [0.3, 0.4) is 0 Å². The van der Waals surface area contributed by atoms with Crippen LogP contribution in [-0.2, 0) is 6.42 Å². The molecule has 0 saturated heterocycles. The van der Waals surface area contributed by atoms with Crippen LogP contribution in [0.25, 0.3) is 11.1 Å². The highest BCUT2D eigenvalue weighted by molar-refractivity contribution is 5.96. The molecule has 0 spiro atoms. The summed E-state index contributed by atoms with van der Waals surface area (Å²) in [5.74, 6) is 2.76. The third-order valence-corrected chi connectivity index (χ3v) is 8.70. The lowest BCUT2D eigenvalue weighted by Crippen LogP contribution is -2.46. The van der Waals surface area contributed by atoms with Gasteiger partial charge in [0.05, 0.1) is 0 Å². The van der Waals surface area contributed by atoms with E-state index < -0.39 is 0 Å². The van der Waals surface area contributed by atoms with Crippen LogP contribution in [0, 0.1) is 29.0 Å². The number of carbonyl (C=O) groups excluding carboxylic acids is 1. The molecule has 1 aromatic heterocycles. The van der Waals surface area contributed by atoms with Crippen molar-refractivity contribution in [3.05, 3.63) is 77.7 Å². The number of carbonyl (C=O) groups is 1. The van der Waals surface area contributed by atoms with Gasteiger partial charge in [-0.25, -0.2) is 9.37 Å². The molecule has 35 heavy (non-hydrogen) atoms. The molecular weight excluding hydrogens is 437 g/mol. The van der Waals surface area contributed by atoms with Crippen LogP contribution < -0.4 is 11.1 Å². The minimum atomic E-state index is -0.386. The summed E-state index contributed by atoms with van der Waals surface area (Å²) < 4.78 is 13.6. The Kier molecular flexibility index (Phi) is 5.58. The first-order valence-electron chi connectivity index (χ1n) is 12.9. The average molecular weight is 470 g/mol. The van der Waals surface area contributed by atoms with Crippen molar-refractivity contribution in [2.75, 3.05) is 5.32 Å². The summed E-state index contributed by atoms with van der Waals surface area (Å²) in [6, 6.07) is 16.0. The number of nitrogens with one attached hydrogen (secondary N) is 1.